The number of amides is 1. The fourth-order valence-corrected chi connectivity index (χ4v) is 4.97. The third-order valence-electron chi connectivity index (χ3n) is 5.49. The van der Waals surface area contributed by atoms with Crippen LogP contribution in [0.4, 0.5) is 0 Å². The van der Waals surface area contributed by atoms with E-state index < -0.39 is 0 Å². The summed E-state index contributed by atoms with van der Waals surface area (Å²) in [6.45, 7) is 9.88. The summed E-state index contributed by atoms with van der Waals surface area (Å²) in [6, 6.07) is 3.31. The number of fused-ring (bicyclic) bond motifs is 1. The number of nitrogens with zero attached hydrogens (tertiary/aromatic N) is 2. The lowest BCUT2D eigenvalue weighted by Gasteiger charge is -2.18. The van der Waals surface area contributed by atoms with Gasteiger partial charge in [-0.15, -0.1) is 0 Å². The van der Waals surface area contributed by atoms with Gasteiger partial charge in [0.1, 0.15) is 11.5 Å². The molecule has 8 nitrogen and oxygen atoms in total. The van der Waals surface area contributed by atoms with Crippen molar-refractivity contribution >= 4 is 22.6 Å². The van der Waals surface area contributed by atoms with Gasteiger partial charge in [-0.1, -0.05) is 30.8 Å². The van der Waals surface area contributed by atoms with Crippen LogP contribution >= 0.6 is 11.8 Å². The van der Waals surface area contributed by atoms with Gasteiger partial charge in [-0.2, -0.15) is 0 Å². The second-order valence-corrected chi connectivity index (χ2v) is 9.34. The van der Waals surface area contributed by atoms with Gasteiger partial charge in [0.25, 0.3) is 5.91 Å². The first-order chi connectivity index (χ1) is 15.3. The first-order valence-electron chi connectivity index (χ1n) is 10.7. The van der Waals surface area contributed by atoms with E-state index in [-0.39, 0.29) is 29.0 Å². The van der Waals surface area contributed by atoms with Gasteiger partial charge in [-0.05, 0) is 37.5 Å². The summed E-state index contributed by atoms with van der Waals surface area (Å²) >= 11 is 1.54. The van der Waals surface area contributed by atoms with Crippen LogP contribution in [0.3, 0.4) is 0 Å². The molecule has 4 N–H and O–H groups in total. The van der Waals surface area contributed by atoms with E-state index in [4.69, 9.17) is 4.52 Å². The van der Waals surface area contributed by atoms with Crippen LogP contribution in [0, 0.1) is 0 Å². The van der Waals surface area contributed by atoms with Crippen molar-refractivity contribution in [1.82, 2.24) is 20.7 Å². The minimum Gasteiger partial charge on any atom is -0.508 e. The predicted octanol–water partition coefficient (Wildman–Crippen LogP) is 3.81. The Bertz CT molecular complexity index is 1110. The van der Waals surface area contributed by atoms with Crippen molar-refractivity contribution in [2.45, 2.75) is 39.7 Å². The normalized spacial score (nSPS) is 18.3. The van der Waals surface area contributed by atoms with E-state index in [9.17, 15) is 15.0 Å². The Kier molecular flexibility index (Phi) is 6.21. The Morgan fingerprint density at radius 1 is 1.38 bits per heavy atom. The van der Waals surface area contributed by atoms with E-state index in [1.165, 1.54) is 6.07 Å². The van der Waals surface area contributed by atoms with Crippen LogP contribution in [0.25, 0.3) is 16.2 Å². The summed E-state index contributed by atoms with van der Waals surface area (Å²) in [5, 5.41) is 32.3. The molecule has 0 fully saturated rings. The number of benzene rings is 1. The molecule has 2 aromatic rings. The van der Waals surface area contributed by atoms with Crippen molar-refractivity contribution < 1.29 is 19.5 Å². The van der Waals surface area contributed by atoms with Crippen molar-refractivity contribution in [3.8, 4) is 22.8 Å². The van der Waals surface area contributed by atoms with Crippen molar-refractivity contribution in [3.05, 3.63) is 46.3 Å². The lowest BCUT2D eigenvalue weighted by Crippen LogP contribution is -2.32. The molecule has 0 radical (unpaired) electrons. The largest absolute Gasteiger partial charge is 0.508 e. The van der Waals surface area contributed by atoms with Crippen molar-refractivity contribution in [2.75, 3.05) is 19.6 Å². The molecule has 2 aliphatic heterocycles. The first-order valence-corrected chi connectivity index (χ1v) is 11.6. The number of phenolic OH excluding ortho intramolecular Hbond substituents is 2. The molecule has 2 aliphatic rings. The van der Waals surface area contributed by atoms with Gasteiger partial charge in [0.05, 0.1) is 16.2 Å². The van der Waals surface area contributed by atoms with Crippen LogP contribution in [0.1, 0.15) is 55.2 Å². The predicted molar refractivity (Wildman–Crippen MR) is 125 cm³/mol. The van der Waals surface area contributed by atoms with E-state index in [2.05, 4.69) is 33.7 Å². The molecule has 170 valence electrons. The summed E-state index contributed by atoms with van der Waals surface area (Å²) in [5.41, 5.74) is 1.76. The van der Waals surface area contributed by atoms with Crippen molar-refractivity contribution in [2.24, 2.45) is 0 Å². The maximum atomic E-state index is 12.8. The Labute approximate surface area is 191 Å². The molecule has 0 bridgehead atoms. The molecule has 0 spiro atoms. The molecule has 0 saturated carbocycles. The second-order valence-electron chi connectivity index (χ2n) is 8.28. The lowest BCUT2D eigenvalue weighted by atomic mass is 9.96. The molecular formula is C23H28N4O4S. The highest BCUT2D eigenvalue weighted by atomic mass is 32.2. The fourth-order valence-electron chi connectivity index (χ4n) is 3.87. The maximum absolute atomic E-state index is 12.8. The number of hydrogen-bond acceptors (Lipinski definition) is 8. The van der Waals surface area contributed by atoms with Gasteiger partial charge >= 0.3 is 0 Å². The first kappa shape index (κ1) is 22.3. The average molecular weight is 457 g/mol. The molecular weight excluding hydrogens is 428 g/mol. The SMILES string of the molecule is CCNC(=O)c1noc(-c2cc(C(C)C)c(O)cc2O)c1C1=CN2CC(C)NCC=C2S1. The van der Waals surface area contributed by atoms with E-state index in [1.54, 1.807) is 17.8 Å². The number of rotatable bonds is 5. The van der Waals surface area contributed by atoms with Gasteiger partial charge in [0.2, 0.25) is 0 Å². The van der Waals surface area contributed by atoms with Crippen LogP contribution in [0.5, 0.6) is 11.5 Å². The highest BCUT2D eigenvalue weighted by Crippen LogP contribution is 2.48. The van der Waals surface area contributed by atoms with Crippen LogP contribution in [0.2, 0.25) is 0 Å². The zero-order chi connectivity index (χ0) is 23.0. The molecule has 9 heteroatoms. The molecule has 1 aromatic carbocycles. The van der Waals surface area contributed by atoms with Gasteiger partial charge in [0.15, 0.2) is 11.5 Å². The Morgan fingerprint density at radius 2 is 2.16 bits per heavy atom. The van der Waals surface area contributed by atoms with Crippen LogP contribution in [0.15, 0.2) is 34.0 Å². The molecule has 0 saturated heterocycles. The quantitative estimate of drug-likeness (QED) is 0.538. The van der Waals surface area contributed by atoms with Crippen LogP contribution in [-0.4, -0.2) is 51.9 Å². The summed E-state index contributed by atoms with van der Waals surface area (Å²) in [5.74, 6) is -0.135. The highest BCUT2D eigenvalue weighted by molar-refractivity contribution is 8.12. The number of phenols is 2. The molecule has 1 unspecified atom stereocenters. The lowest BCUT2D eigenvalue weighted by molar-refractivity contribution is 0.0946. The number of thioether (sulfide) groups is 1. The zero-order valence-electron chi connectivity index (χ0n) is 18.6. The minimum absolute atomic E-state index is 0.0146. The zero-order valence-corrected chi connectivity index (χ0v) is 19.4. The molecule has 0 aliphatic carbocycles. The molecule has 4 rings (SSSR count). The number of carbonyl (C=O) groups excluding carboxylic acids is 1. The number of aromatic hydroxyl groups is 2. The molecule has 1 amide bonds. The van der Waals surface area contributed by atoms with Gasteiger partial charge in [0, 0.05) is 42.8 Å². The third kappa shape index (κ3) is 4.10. The maximum Gasteiger partial charge on any atom is 0.274 e. The van der Waals surface area contributed by atoms with E-state index in [0.29, 0.717) is 35.0 Å². The van der Waals surface area contributed by atoms with Gasteiger partial charge in [-0.3, -0.25) is 4.79 Å². The molecule has 1 aromatic heterocycles. The Morgan fingerprint density at radius 3 is 2.88 bits per heavy atom. The summed E-state index contributed by atoms with van der Waals surface area (Å²) in [4.78, 5) is 15.8. The topological polar surface area (TPSA) is 111 Å². The molecule has 32 heavy (non-hydrogen) atoms. The Hall–Kier alpha value is -2.91. The standard InChI is InChI=1S/C23H28N4O4S/c1-5-24-23(30)21-20(18-11-27-10-13(4)25-7-6-19(27)32-18)22(31-26-21)15-8-14(12(2)3)16(28)9-17(15)29/h6,8-9,11-13,25,28-29H,5,7,10H2,1-4H3,(H,24,30). The van der Waals surface area contributed by atoms with Gasteiger partial charge < -0.3 is 30.3 Å². The second kappa shape index (κ2) is 8.91. The fraction of sp³-hybridized carbons (Fsp3) is 0.391. The smallest absolute Gasteiger partial charge is 0.274 e. The summed E-state index contributed by atoms with van der Waals surface area (Å²) in [6.07, 6.45) is 4.12. The summed E-state index contributed by atoms with van der Waals surface area (Å²) < 4.78 is 5.66. The van der Waals surface area contributed by atoms with Crippen molar-refractivity contribution in [1.29, 1.82) is 0 Å². The number of nitrogens with one attached hydrogen (secondary N) is 2. The van der Waals surface area contributed by atoms with Gasteiger partial charge in [-0.25, -0.2) is 0 Å². The van der Waals surface area contributed by atoms with Crippen LogP contribution in [-0.2, 0) is 0 Å². The number of aromatic nitrogens is 1. The molecule has 1 atom stereocenters. The van der Waals surface area contributed by atoms with Crippen molar-refractivity contribution in [3.63, 3.8) is 0 Å². The number of hydrogen-bond donors (Lipinski definition) is 4. The van der Waals surface area contributed by atoms with E-state index in [0.717, 1.165) is 23.0 Å². The summed E-state index contributed by atoms with van der Waals surface area (Å²) in [7, 11) is 0. The average Bonchev–Trinajstić information content (AvgIpc) is 3.28. The highest BCUT2D eigenvalue weighted by Gasteiger charge is 2.33. The van der Waals surface area contributed by atoms with Crippen LogP contribution < -0.4 is 10.6 Å². The minimum atomic E-state index is -0.340. The third-order valence-corrected chi connectivity index (χ3v) is 6.63. The van der Waals surface area contributed by atoms with E-state index >= 15 is 0 Å². The monoisotopic (exact) mass is 456 g/mol. The number of carbonyl (C=O) groups is 1. The Balaban J connectivity index is 1.86. The van der Waals surface area contributed by atoms with E-state index in [1.807, 2.05) is 27.0 Å². The molecule has 3 heterocycles.